The molecule has 1 aromatic heterocycles. The summed E-state index contributed by atoms with van der Waals surface area (Å²) in [7, 11) is 0. The Kier molecular flexibility index (Phi) is 4.95. The van der Waals surface area contributed by atoms with Crippen LogP contribution in [0.3, 0.4) is 0 Å². The van der Waals surface area contributed by atoms with Gasteiger partial charge in [-0.05, 0) is 48.9 Å². The molecule has 0 radical (unpaired) electrons. The zero-order valence-corrected chi connectivity index (χ0v) is 16.8. The number of nitrogens with zero attached hydrogens (tertiary/aromatic N) is 1. The van der Waals surface area contributed by atoms with E-state index in [2.05, 4.69) is 16.4 Å². The summed E-state index contributed by atoms with van der Waals surface area (Å²) in [5, 5.41) is 4.47. The number of rotatable bonds is 4. The molecule has 6 heteroatoms. The van der Waals surface area contributed by atoms with Crippen LogP contribution in [0.25, 0.3) is 10.2 Å². The molecule has 3 aromatic rings. The van der Waals surface area contributed by atoms with E-state index >= 15 is 0 Å². The largest absolute Gasteiger partial charge is 0.301 e. The van der Waals surface area contributed by atoms with Crippen molar-refractivity contribution in [3.63, 3.8) is 0 Å². The van der Waals surface area contributed by atoms with Crippen LogP contribution in [0.15, 0.2) is 47.4 Å². The van der Waals surface area contributed by atoms with Gasteiger partial charge in [-0.1, -0.05) is 54.0 Å². The van der Waals surface area contributed by atoms with Crippen LogP contribution in [0.1, 0.15) is 31.2 Å². The lowest BCUT2D eigenvalue weighted by molar-refractivity contribution is -0.121. The van der Waals surface area contributed by atoms with Gasteiger partial charge in [-0.2, -0.15) is 0 Å². The lowest BCUT2D eigenvalue weighted by atomic mass is 9.78. The average Bonchev–Trinajstić information content (AvgIpc) is 3.29. The second kappa shape index (κ2) is 7.22. The molecule has 2 aromatic carbocycles. The number of carbonyl (C=O) groups excluding carboxylic acids is 1. The zero-order valence-electron chi connectivity index (χ0n) is 14.4. The van der Waals surface area contributed by atoms with Crippen LogP contribution >= 0.6 is 34.7 Å². The fourth-order valence-corrected chi connectivity index (χ4v) is 5.39. The van der Waals surface area contributed by atoms with Gasteiger partial charge in [-0.3, -0.25) is 4.79 Å². The van der Waals surface area contributed by atoms with Crippen LogP contribution < -0.4 is 5.32 Å². The number of hydrogen-bond donors (Lipinski definition) is 1. The van der Waals surface area contributed by atoms with E-state index in [9.17, 15) is 4.79 Å². The van der Waals surface area contributed by atoms with E-state index in [1.165, 1.54) is 11.3 Å². The minimum Gasteiger partial charge on any atom is -0.301 e. The highest BCUT2D eigenvalue weighted by molar-refractivity contribution is 7.98. The number of fused-ring (bicyclic) bond motifs is 1. The highest BCUT2D eigenvalue weighted by Gasteiger charge is 2.43. The fraction of sp³-hybridized carbons (Fsp3) is 0.300. The maximum absolute atomic E-state index is 13.3. The van der Waals surface area contributed by atoms with Crippen molar-refractivity contribution >= 4 is 56.0 Å². The standard InChI is InChI=1S/C20H19ClN2OS2/c1-25-15-5-4-6-16-17(15)22-19(26-16)23-18(24)20(11-2-3-12-20)13-7-9-14(21)10-8-13/h4-10H,2-3,11-12H2,1H3,(H,22,23,24). The minimum absolute atomic E-state index is 0.0436. The Morgan fingerprint density at radius 1 is 1.19 bits per heavy atom. The molecule has 0 bridgehead atoms. The van der Waals surface area contributed by atoms with Crippen molar-refractivity contribution in [3.8, 4) is 0 Å². The molecule has 26 heavy (non-hydrogen) atoms. The van der Waals surface area contributed by atoms with Gasteiger partial charge in [0.1, 0.15) is 0 Å². The quantitative estimate of drug-likeness (QED) is 0.534. The molecule has 4 rings (SSSR count). The first-order valence-corrected chi connectivity index (χ1v) is 11.1. The number of halogens is 1. The molecule has 1 saturated carbocycles. The molecule has 1 N–H and O–H groups in total. The zero-order chi connectivity index (χ0) is 18.1. The van der Waals surface area contributed by atoms with Crippen molar-refractivity contribution in [2.45, 2.75) is 36.0 Å². The second-order valence-corrected chi connectivity index (χ2v) is 8.89. The van der Waals surface area contributed by atoms with Crippen LogP contribution in [0, 0.1) is 0 Å². The van der Waals surface area contributed by atoms with Crippen molar-refractivity contribution < 1.29 is 4.79 Å². The molecule has 1 aliphatic rings. The maximum atomic E-state index is 13.3. The van der Waals surface area contributed by atoms with Crippen LogP contribution in [0.2, 0.25) is 5.02 Å². The fourth-order valence-electron chi connectivity index (χ4n) is 3.75. The van der Waals surface area contributed by atoms with Crippen LogP contribution in [-0.4, -0.2) is 17.1 Å². The van der Waals surface area contributed by atoms with Gasteiger partial charge in [0, 0.05) is 9.92 Å². The molecule has 3 nitrogen and oxygen atoms in total. The topological polar surface area (TPSA) is 42.0 Å². The van der Waals surface area contributed by atoms with E-state index in [1.54, 1.807) is 11.8 Å². The summed E-state index contributed by atoms with van der Waals surface area (Å²) in [6.07, 6.45) is 5.89. The molecular weight excluding hydrogens is 384 g/mol. The Balaban J connectivity index is 1.66. The molecule has 1 heterocycles. The third-order valence-electron chi connectivity index (χ3n) is 5.11. The molecule has 1 aliphatic carbocycles. The van der Waals surface area contributed by atoms with Crippen molar-refractivity contribution in [1.29, 1.82) is 0 Å². The predicted molar refractivity (Wildman–Crippen MR) is 112 cm³/mol. The summed E-state index contributed by atoms with van der Waals surface area (Å²) in [6.45, 7) is 0. The highest BCUT2D eigenvalue weighted by Crippen LogP contribution is 2.43. The Morgan fingerprint density at radius 2 is 1.92 bits per heavy atom. The third-order valence-corrected chi connectivity index (χ3v) is 7.07. The van der Waals surface area contributed by atoms with Crippen molar-refractivity contribution in [2.24, 2.45) is 0 Å². The van der Waals surface area contributed by atoms with E-state index in [1.807, 2.05) is 42.7 Å². The van der Waals surface area contributed by atoms with Gasteiger partial charge in [-0.25, -0.2) is 4.98 Å². The molecule has 1 fully saturated rings. The number of nitrogens with one attached hydrogen (secondary N) is 1. The van der Waals surface area contributed by atoms with Gasteiger partial charge in [-0.15, -0.1) is 11.8 Å². The van der Waals surface area contributed by atoms with Crippen LogP contribution in [0.5, 0.6) is 0 Å². The molecule has 0 spiro atoms. The normalized spacial score (nSPS) is 16.1. The van der Waals surface area contributed by atoms with E-state index in [0.717, 1.165) is 46.4 Å². The number of benzene rings is 2. The van der Waals surface area contributed by atoms with E-state index in [0.29, 0.717) is 10.2 Å². The van der Waals surface area contributed by atoms with Crippen molar-refractivity contribution in [3.05, 3.63) is 53.1 Å². The number of thioether (sulfide) groups is 1. The highest BCUT2D eigenvalue weighted by atomic mass is 35.5. The summed E-state index contributed by atoms with van der Waals surface area (Å²) >= 11 is 9.24. The number of aromatic nitrogens is 1. The van der Waals surface area contributed by atoms with Crippen molar-refractivity contribution in [1.82, 2.24) is 4.98 Å². The lowest BCUT2D eigenvalue weighted by Crippen LogP contribution is -2.37. The minimum atomic E-state index is -0.481. The number of hydrogen-bond acceptors (Lipinski definition) is 4. The van der Waals surface area contributed by atoms with Crippen LogP contribution in [-0.2, 0) is 10.2 Å². The van der Waals surface area contributed by atoms with Gasteiger partial charge < -0.3 is 5.32 Å². The number of amides is 1. The molecule has 0 saturated heterocycles. The maximum Gasteiger partial charge on any atom is 0.236 e. The number of anilines is 1. The summed E-state index contributed by atoms with van der Waals surface area (Å²) in [6, 6.07) is 13.8. The van der Waals surface area contributed by atoms with Gasteiger partial charge in [0.25, 0.3) is 0 Å². The average molecular weight is 403 g/mol. The Bertz CT molecular complexity index is 946. The van der Waals surface area contributed by atoms with E-state index in [4.69, 9.17) is 11.6 Å². The predicted octanol–water partition coefficient (Wildman–Crippen LogP) is 6.12. The molecular formula is C20H19ClN2OS2. The van der Waals surface area contributed by atoms with E-state index in [-0.39, 0.29) is 5.91 Å². The first-order chi connectivity index (χ1) is 12.6. The molecule has 0 aliphatic heterocycles. The SMILES string of the molecule is CSc1cccc2sc(NC(=O)C3(c4ccc(Cl)cc4)CCCC3)nc12. The van der Waals surface area contributed by atoms with E-state index < -0.39 is 5.41 Å². The van der Waals surface area contributed by atoms with Crippen LogP contribution in [0.4, 0.5) is 5.13 Å². The number of carbonyl (C=O) groups is 1. The van der Waals surface area contributed by atoms with Gasteiger partial charge in [0.05, 0.1) is 15.6 Å². The number of para-hydroxylation sites is 1. The molecule has 0 atom stereocenters. The summed E-state index contributed by atoms with van der Waals surface area (Å²) in [5.41, 5.74) is 1.53. The van der Waals surface area contributed by atoms with Gasteiger partial charge in [0.15, 0.2) is 5.13 Å². The molecule has 0 unspecified atom stereocenters. The monoisotopic (exact) mass is 402 g/mol. The Morgan fingerprint density at radius 3 is 2.62 bits per heavy atom. The Hall–Kier alpha value is -1.56. The smallest absolute Gasteiger partial charge is 0.236 e. The summed E-state index contributed by atoms with van der Waals surface area (Å²) in [5.74, 6) is 0.0436. The summed E-state index contributed by atoms with van der Waals surface area (Å²) in [4.78, 5) is 19.1. The van der Waals surface area contributed by atoms with Gasteiger partial charge in [0.2, 0.25) is 5.91 Å². The first kappa shape index (κ1) is 17.8. The lowest BCUT2D eigenvalue weighted by Gasteiger charge is -2.27. The van der Waals surface area contributed by atoms with Gasteiger partial charge >= 0.3 is 0 Å². The third kappa shape index (κ3) is 3.13. The Labute approximate surface area is 166 Å². The first-order valence-electron chi connectivity index (χ1n) is 8.63. The molecule has 1 amide bonds. The molecule has 134 valence electrons. The van der Waals surface area contributed by atoms with Crippen molar-refractivity contribution in [2.75, 3.05) is 11.6 Å². The summed E-state index contributed by atoms with van der Waals surface area (Å²) < 4.78 is 1.10. The second-order valence-electron chi connectivity index (χ2n) is 6.58. The number of thiazole rings is 1.